The summed E-state index contributed by atoms with van der Waals surface area (Å²) in [5.74, 6) is 0. The molecule has 10 heteroatoms. The average Bonchev–Trinajstić information content (AvgIpc) is 3.23. The van der Waals surface area contributed by atoms with Gasteiger partial charge in [0.1, 0.15) is 36.4 Å². The number of halogens is 3. The molecule has 4 rings (SSSR count). The van der Waals surface area contributed by atoms with Gasteiger partial charge in [-0.25, -0.2) is 9.97 Å². The maximum absolute atomic E-state index is 13.0. The first-order chi connectivity index (χ1) is 13.7. The van der Waals surface area contributed by atoms with Crippen LogP contribution >= 0.6 is 0 Å². The molecule has 2 aromatic heterocycles. The van der Waals surface area contributed by atoms with Crippen LogP contribution in [0.5, 0.6) is 0 Å². The topological polar surface area (TPSA) is 101 Å². The number of ether oxygens (including phenoxy) is 1. The summed E-state index contributed by atoms with van der Waals surface area (Å²) in [4.78, 5) is 8.25. The molecule has 0 bridgehead atoms. The first kappa shape index (κ1) is 19.8. The van der Waals surface area contributed by atoms with E-state index in [4.69, 9.17) is 4.74 Å². The van der Waals surface area contributed by atoms with E-state index in [1.165, 1.54) is 17.0 Å². The summed E-state index contributed by atoms with van der Waals surface area (Å²) in [5.41, 5.74) is 0.166. The predicted molar refractivity (Wildman–Crippen MR) is 94.6 cm³/mol. The Morgan fingerprint density at radius 2 is 1.90 bits per heavy atom. The van der Waals surface area contributed by atoms with Crippen molar-refractivity contribution in [2.24, 2.45) is 0 Å². The lowest BCUT2D eigenvalue weighted by atomic mass is 9.97. The van der Waals surface area contributed by atoms with Crippen LogP contribution in [-0.2, 0) is 10.9 Å². The first-order valence-electron chi connectivity index (χ1n) is 8.83. The highest BCUT2D eigenvalue weighted by Gasteiger charge is 2.47. The van der Waals surface area contributed by atoms with Gasteiger partial charge >= 0.3 is 6.18 Å². The summed E-state index contributed by atoms with van der Waals surface area (Å²) in [6.45, 7) is 1.79. The zero-order valence-corrected chi connectivity index (χ0v) is 15.2. The molecule has 29 heavy (non-hydrogen) atoms. The molecule has 0 unspecified atom stereocenters. The quantitative estimate of drug-likeness (QED) is 0.613. The molecular formula is C19H18F3N3O4. The maximum Gasteiger partial charge on any atom is 0.416 e. The highest BCUT2D eigenvalue weighted by Crippen LogP contribution is 2.38. The molecule has 0 radical (unpaired) electrons. The third-order valence-corrected chi connectivity index (χ3v) is 5.12. The second-order valence-electron chi connectivity index (χ2n) is 6.96. The maximum atomic E-state index is 13.0. The Bertz CT molecular complexity index is 1040. The van der Waals surface area contributed by atoms with Crippen LogP contribution in [0.2, 0.25) is 0 Å². The number of rotatable bonds is 3. The summed E-state index contributed by atoms with van der Waals surface area (Å²) >= 11 is 0. The number of aryl methyl sites for hydroxylation is 1. The van der Waals surface area contributed by atoms with Gasteiger partial charge in [-0.1, -0.05) is 12.1 Å². The van der Waals surface area contributed by atoms with E-state index in [1.54, 1.807) is 19.2 Å². The van der Waals surface area contributed by atoms with E-state index in [0.717, 1.165) is 23.6 Å². The van der Waals surface area contributed by atoms with Gasteiger partial charge in [0.25, 0.3) is 0 Å². The van der Waals surface area contributed by atoms with E-state index >= 15 is 0 Å². The van der Waals surface area contributed by atoms with Gasteiger partial charge in [-0.3, -0.25) is 0 Å². The number of fused-ring (bicyclic) bond motifs is 1. The van der Waals surface area contributed by atoms with Crippen LogP contribution in [0.3, 0.4) is 0 Å². The van der Waals surface area contributed by atoms with Crippen molar-refractivity contribution in [3.05, 3.63) is 59.7 Å². The molecule has 5 atom stereocenters. The van der Waals surface area contributed by atoms with Crippen LogP contribution in [0, 0.1) is 6.92 Å². The number of aliphatic hydroxyl groups is 3. The van der Waals surface area contributed by atoms with Crippen LogP contribution in [-0.4, -0.2) is 48.2 Å². The minimum atomic E-state index is -4.57. The lowest BCUT2D eigenvalue weighted by Gasteiger charge is -2.22. The molecule has 3 heterocycles. The highest BCUT2D eigenvalue weighted by molar-refractivity contribution is 5.78. The molecule has 154 valence electrons. The monoisotopic (exact) mass is 409 g/mol. The first-order valence-corrected chi connectivity index (χ1v) is 8.83. The zero-order valence-electron chi connectivity index (χ0n) is 15.2. The Balaban J connectivity index is 1.64. The molecule has 1 saturated heterocycles. The molecule has 0 amide bonds. The second kappa shape index (κ2) is 7.06. The van der Waals surface area contributed by atoms with Crippen LogP contribution in [0.1, 0.15) is 29.2 Å². The molecule has 0 saturated carbocycles. The fourth-order valence-electron chi connectivity index (χ4n) is 3.57. The number of benzene rings is 1. The van der Waals surface area contributed by atoms with Crippen molar-refractivity contribution in [3.63, 3.8) is 0 Å². The van der Waals surface area contributed by atoms with Crippen molar-refractivity contribution in [2.75, 3.05) is 0 Å². The van der Waals surface area contributed by atoms with Crippen molar-refractivity contribution in [2.45, 2.75) is 43.7 Å². The standard InChI is InChI=1S/C19H18F3N3O4/c1-9-12-5-6-25(17(12)24-8-23-9)18-15(28)14(27)16(29-18)13(26)10-3-2-4-11(7-10)19(20,21)22/h2-8,13-16,18,26-28H,1H3/t13-,14+,15-,16-,18-/m1/s1. The Kier molecular flexibility index (Phi) is 4.82. The molecule has 1 fully saturated rings. The van der Waals surface area contributed by atoms with E-state index in [1.807, 2.05) is 0 Å². The van der Waals surface area contributed by atoms with E-state index in [0.29, 0.717) is 11.3 Å². The summed E-state index contributed by atoms with van der Waals surface area (Å²) in [6.07, 6.45) is -8.57. The van der Waals surface area contributed by atoms with E-state index in [-0.39, 0.29) is 5.56 Å². The van der Waals surface area contributed by atoms with Crippen molar-refractivity contribution in [1.29, 1.82) is 0 Å². The third kappa shape index (κ3) is 3.38. The molecular weight excluding hydrogens is 391 g/mol. The smallest absolute Gasteiger partial charge is 0.387 e. The van der Waals surface area contributed by atoms with Gasteiger partial charge in [0.15, 0.2) is 6.23 Å². The van der Waals surface area contributed by atoms with Gasteiger partial charge in [0.2, 0.25) is 0 Å². The molecule has 3 N–H and O–H groups in total. The van der Waals surface area contributed by atoms with Gasteiger partial charge in [-0.05, 0) is 30.7 Å². The van der Waals surface area contributed by atoms with E-state index in [2.05, 4.69) is 9.97 Å². The van der Waals surface area contributed by atoms with Crippen LogP contribution < -0.4 is 0 Å². The number of alkyl halides is 3. The lowest BCUT2D eigenvalue weighted by molar-refractivity contribution is -0.137. The summed E-state index contributed by atoms with van der Waals surface area (Å²) in [7, 11) is 0. The van der Waals surface area contributed by atoms with Gasteiger partial charge in [0, 0.05) is 11.6 Å². The molecule has 1 aliphatic heterocycles. The molecule has 0 spiro atoms. The van der Waals surface area contributed by atoms with Crippen molar-refractivity contribution in [1.82, 2.24) is 14.5 Å². The number of aliphatic hydroxyl groups excluding tert-OH is 3. The number of hydrogen-bond donors (Lipinski definition) is 3. The summed E-state index contributed by atoms with van der Waals surface area (Å²) in [5, 5.41) is 32.2. The molecule has 7 nitrogen and oxygen atoms in total. The normalized spacial score (nSPS) is 26.2. The Morgan fingerprint density at radius 3 is 2.62 bits per heavy atom. The molecule has 0 aliphatic carbocycles. The van der Waals surface area contributed by atoms with Gasteiger partial charge in [0.05, 0.1) is 11.3 Å². The van der Waals surface area contributed by atoms with Gasteiger partial charge in [-0.15, -0.1) is 0 Å². The average molecular weight is 409 g/mol. The fourth-order valence-corrected chi connectivity index (χ4v) is 3.57. The zero-order chi connectivity index (χ0) is 20.9. The Morgan fingerprint density at radius 1 is 1.14 bits per heavy atom. The Hall–Kier alpha value is -2.53. The predicted octanol–water partition coefficient (Wildman–Crippen LogP) is 2.11. The van der Waals surface area contributed by atoms with Gasteiger partial charge < -0.3 is 24.6 Å². The van der Waals surface area contributed by atoms with Crippen LogP contribution in [0.15, 0.2) is 42.9 Å². The molecule has 1 aromatic carbocycles. The van der Waals surface area contributed by atoms with Gasteiger partial charge in [-0.2, -0.15) is 13.2 Å². The Labute approximate surface area is 163 Å². The van der Waals surface area contributed by atoms with E-state index in [9.17, 15) is 28.5 Å². The number of aromatic nitrogens is 3. The minimum absolute atomic E-state index is 0.0766. The summed E-state index contributed by atoms with van der Waals surface area (Å²) < 4.78 is 46.1. The van der Waals surface area contributed by atoms with Crippen molar-refractivity contribution in [3.8, 4) is 0 Å². The third-order valence-electron chi connectivity index (χ3n) is 5.12. The van der Waals surface area contributed by atoms with E-state index < -0.39 is 42.4 Å². The highest BCUT2D eigenvalue weighted by atomic mass is 19.4. The SMILES string of the molecule is Cc1ncnc2c1ccn2[C@@H]1O[C@H]([C@H](O)c2cccc(C(F)(F)F)c2)[C@@H](O)[C@H]1O. The molecule has 3 aromatic rings. The minimum Gasteiger partial charge on any atom is -0.387 e. The number of hydrogen-bond acceptors (Lipinski definition) is 6. The van der Waals surface area contributed by atoms with Crippen molar-refractivity contribution < 1.29 is 33.2 Å². The second-order valence-corrected chi connectivity index (χ2v) is 6.96. The fraction of sp³-hybridized carbons (Fsp3) is 0.368. The number of nitrogens with zero attached hydrogens (tertiary/aromatic N) is 3. The van der Waals surface area contributed by atoms with Crippen LogP contribution in [0.4, 0.5) is 13.2 Å². The van der Waals surface area contributed by atoms with Crippen LogP contribution in [0.25, 0.3) is 11.0 Å². The molecule has 1 aliphatic rings. The largest absolute Gasteiger partial charge is 0.416 e. The summed E-state index contributed by atoms with van der Waals surface area (Å²) in [6, 6.07) is 5.87. The lowest BCUT2D eigenvalue weighted by Crippen LogP contribution is -2.34. The van der Waals surface area contributed by atoms with Crippen molar-refractivity contribution >= 4 is 11.0 Å².